The first-order valence-electron chi connectivity index (χ1n) is 12.1. The largest absolute Gasteiger partial charge is 0.0585 e. The zero-order valence-corrected chi connectivity index (χ0v) is 22.7. The molecule has 0 fully saturated rings. The fourth-order valence-electron chi connectivity index (χ4n) is 4.40. The molecule has 0 amide bonds. The monoisotopic (exact) mass is 420 g/mol. The molecule has 0 radical (unpaired) electrons. The summed E-state index contributed by atoms with van der Waals surface area (Å²) < 4.78 is 0. The standard InChI is InChI=1S/C31H48/c1-21(22-14-16-23(17-15-22)28(2,3)4)18-25-26(30(8,9)10)19-24(29(5,6)7)20-27(25)31(11,12)13/h14-17,19-21H,18H2,1-13H3. The van der Waals surface area contributed by atoms with Crippen molar-refractivity contribution in [3.8, 4) is 0 Å². The average Bonchev–Trinajstić information content (AvgIpc) is 2.58. The van der Waals surface area contributed by atoms with Crippen LogP contribution in [0.2, 0.25) is 0 Å². The van der Waals surface area contributed by atoms with E-state index in [1.54, 1.807) is 5.56 Å². The smallest absolute Gasteiger partial charge is 0.0129 e. The lowest BCUT2D eigenvalue weighted by Gasteiger charge is -2.34. The molecule has 172 valence electrons. The maximum absolute atomic E-state index is 2.50. The summed E-state index contributed by atoms with van der Waals surface area (Å²) in [6.07, 6.45) is 1.08. The molecule has 2 aromatic carbocycles. The molecule has 1 atom stereocenters. The Morgan fingerprint density at radius 3 is 1.26 bits per heavy atom. The van der Waals surface area contributed by atoms with Gasteiger partial charge in [-0.2, -0.15) is 0 Å². The van der Waals surface area contributed by atoms with E-state index in [-0.39, 0.29) is 21.7 Å². The second-order valence-electron chi connectivity index (χ2n) is 13.8. The molecule has 0 N–H and O–H groups in total. The first-order chi connectivity index (χ1) is 13.8. The molecule has 0 aliphatic rings. The second-order valence-corrected chi connectivity index (χ2v) is 13.8. The summed E-state index contributed by atoms with van der Waals surface area (Å²) in [5, 5.41) is 0. The Hall–Kier alpha value is -1.56. The Bertz CT molecular complexity index is 847. The maximum atomic E-state index is 2.50. The number of benzene rings is 2. The second kappa shape index (κ2) is 8.42. The van der Waals surface area contributed by atoms with Gasteiger partial charge < -0.3 is 0 Å². The SMILES string of the molecule is CC(Cc1c(C(C)(C)C)cc(C(C)(C)C)cc1C(C)(C)C)c1ccc(C(C)(C)C)cc1. The number of hydrogen-bond donors (Lipinski definition) is 0. The molecular formula is C31H48. The molecule has 0 aliphatic heterocycles. The molecule has 31 heavy (non-hydrogen) atoms. The minimum Gasteiger partial charge on any atom is -0.0585 e. The normalized spacial score (nSPS) is 14.6. The molecule has 0 spiro atoms. The van der Waals surface area contributed by atoms with E-state index in [1.807, 2.05) is 0 Å². The van der Waals surface area contributed by atoms with Crippen LogP contribution in [0.4, 0.5) is 0 Å². The Kier molecular flexibility index (Phi) is 6.98. The highest BCUT2D eigenvalue weighted by Gasteiger charge is 2.29. The van der Waals surface area contributed by atoms with Crippen molar-refractivity contribution in [3.63, 3.8) is 0 Å². The zero-order valence-electron chi connectivity index (χ0n) is 22.7. The highest BCUT2D eigenvalue weighted by molar-refractivity contribution is 5.48. The van der Waals surface area contributed by atoms with Gasteiger partial charge >= 0.3 is 0 Å². The lowest BCUT2D eigenvalue weighted by atomic mass is 9.70. The molecular weight excluding hydrogens is 372 g/mol. The molecule has 0 nitrogen and oxygen atoms in total. The highest BCUT2D eigenvalue weighted by Crippen LogP contribution is 2.40. The van der Waals surface area contributed by atoms with E-state index in [9.17, 15) is 0 Å². The molecule has 0 heteroatoms. The van der Waals surface area contributed by atoms with Gasteiger partial charge in [0, 0.05) is 0 Å². The van der Waals surface area contributed by atoms with Crippen molar-refractivity contribution in [2.24, 2.45) is 0 Å². The molecule has 0 bridgehead atoms. The van der Waals surface area contributed by atoms with Crippen molar-refractivity contribution >= 4 is 0 Å². The van der Waals surface area contributed by atoms with E-state index < -0.39 is 0 Å². The summed E-state index contributed by atoms with van der Waals surface area (Å²) >= 11 is 0. The third kappa shape index (κ3) is 6.24. The van der Waals surface area contributed by atoms with Crippen LogP contribution in [-0.4, -0.2) is 0 Å². The van der Waals surface area contributed by atoms with Crippen molar-refractivity contribution < 1.29 is 0 Å². The number of hydrogen-bond acceptors (Lipinski definition) is 0. The first kappa shape index (κ1) is 25.7. The van der Waals surface area contributed by atoms with Crippen LogP contribution in [0.5, 0.6) is 0 Å². The van der Waals surface area contributed by atoms with Gasteiger partial charge in [0.05, 0.1) is 0 Å². The topological polar surface area (TPSA) is 0 Å². The van der Waals surface area contributed by atoms with E-state index >= 15 is 0 Å². The molecule has 0 saturated carbocycles. The van der Waals surface area contributed by atoms with Crippen molar-refractivity contribution in [1.82, 2.24) is 0 Å². The van der Waals surface area contributed by atoms with Crippen molar-refractivity contribution in [1.29, 1.82) is 0 Å². The lowest BCUT2D eigenvalue weighted by Crippen LogP contribution is -2.25. The third-order valence-electron chi connectivity index (χ3n) is 6.59. The zero-order chi connectivity index (χ0) is 24.0. The molecule has 2 rings (SSSR count). The summed E-state index contributed by atoms with van der Waals surface area (Å²) in [6, 6.07) is 14.3. The summed E-state index contributed by atoms with van der Waals surface area (Å²) in [7, 11) is 0. The fourth-order valence-corrected chi connectivity index (χ4v) is 4.40. The molecule has 0 saturated heterocycles. The Morgan fingerprint density at radius 1 is 0.548 bits per heavy atom. The molecule has 2 aromatic rings. The quantitative estimate of drug-likeness (QED) is 0.464. The Morgan fingerprint density at radius 2 is 0.935 bits per heavy atom. The Balaban J connectivity index is 2.61. The molecule has 0 aromatic heterocycles. The van der Waals surface area contributed by atoms with Crippen LogP contribution in [0.1, 0.15) is 129 Å². The predicted molar refractivity (Wildman–Crippen MR) is 140 cm³/mol. The van der Waals surface area contributed by atoms with Crippen LogP contribution in [0.25, 0.3) is 0 Å². The van der Waals surface area contributed by atoms with Gasteiger partial charge in [-0.3, -0.25) is 0 Å². The molecule has 0 heterocycles. The van der Waals surface area contributed by atoms with Gasteiger partial charge in [0.25, 0.3) is 0 Å². The van der Waals surface area contributed by atoms with Crippen molar-refractivity contribution in [2.45, 2.75) is 124 Å². The van der Waals surface area contributed by atoms with Gasteiger partial charge in [-0.05, 0) is 67.4 Å². The summed E-state index contributed by atoms with van der Waals surface area (Å²) in [4.78, 5) is 0. The minimum absolute atomic E-state index is 0.117. The van der Waals surface area contributed by atoms with E-state index in [0.29, 0.717) is 5.92 Å². The maximum Gasteiger partial charge on any atom is -0.0129 e. The molecule has 1 unspecified atom stereocenters. The highest BCUT2D eigenvalue weighted by atomic mass is 14.3. The van der Waals surface area contributed by atoms with Crippen molar-refractivity contribution in [3.05, 3.63) is 69.8 Å². The fraction of sp³-hybridized carbons (Fsp3) is 0.613. The average molecular weight is 421 g/mol. The first-order valence-corrected chi connectivity index (χ1v) is 12.1. The summed E-state index contributed by atoms with van der Waals surface area (Å²) in [5.74, 6) is 0.483. The van der Waals surface area contributed by atoms with Crippen LogP contribution in [0.15, 0.2) is 36.4 Å². The van der Waals surface area contributed by atoms with Crippen LogP contribution < -0.4 is 0 Å². The third-order valence-corrected chi connectivity index (χ3v) is 6.59. The van der Waals surface area contributed by atoms with Gasteiger partial charge in [-0.25, -0.2) is 0 Å². The van der Waals surface area contributed by atoms with Gasteiger partial charge in [0.2, 0.25) is 0 Å². The van der Waals surface area contributed by atoms with Gasteiger partial charge in [-0.15, -0.1) is 0 Å². The van der Waals surface area contributed by atoms with E-state index in [0.717, 1.165) is 6.42 Å². The van der Waals surface area contributed by atoms with Gasteiger partial charge in [-0.1, -0.05) is 126 Å². The van der Waals surface area contributed by atoms with Gasteiger partial charge in [0.15, 0.2) is 0 Å². The summed E-state index contributed by atoms with van der Waals surface area (Å²) in [6.45, 7) is 30.5. The molecule has 0 aliphatic carbocycles. The van der Waals surface area contributed by atoms with E-state index in [1.165, 1.54) is 27.8 Å². The van der Waals surface area contributed by atoms with Gasteiger partial charge in [0.1, 0.15) is 0 Å². The van der Waals surface area contributed by atoms with Crippen LogP contribution in [0.3, 0.4) is 0 Å². The lowest BCUT2D eigenvalue weighted by molar-refractivity contribution is 0.532. The van der Waals surface area contributed by atoms with E-state index in [4.69, 9.17) is 0 Å². The number of rotatable bonds is 3. The van der Waals surface area contributed by atoms with Crippen LogP contribution >= 0.6 is 0 Å². The van der Waals surface area contributed by atoms with Crippen LogP contribution in [-0.2, 0) is 28.1 Å². The van der Waals surface area contributed by atoms with E-state index in [2.05, 4.69) is 126 Å². The predicted octanol–water partition coefficient (Wildman–Crippen LogP) is 9.22. The van der Waals surface area contributed by atoms with Crippen molar-refractivity contribution in [2.75, 3.05) is 0 Å². The summed E-state index contributed by atoms with van der Waals surface area (Å²) in [5.41, 5.74) is 9.46. The Labute approximate surface area is 193 Å². The minimum atomic E-state index is 0.117. The van der Waals surface area contributed by atoms with Crippen LogP contribution in [0, 0.1) is 0 Å².